The molecule has 1 N–H and O–H groups in total. The van der Waals surface area contributed by atoms with Gasteiger partial charge in [-0.2, -0.15) is 5.10 Å². The summed E-state index contributed by atoms with van der Waals surface area (Å²) in [5.41, 5.74) is 2.49. The number of halogens is 1. The second-order valence-corrected chi connectivity index (χ2v) is 6.31. The predicted octanol–water partition coefficient (Wildman–Crippen LogP) is 3.18. The lowest BCUT2D eigenvalue weighted by atomic mass is 10.2. The van der Waals surface area contributed by atoms with E-state index in [1.165, 1.54) is 0 Å². The van der Waals surface area contributed by atoms with Crippen LogP contribution in [0.15, 0.2) is 48.5 Å². The largest absolute Gasteiger partial charge is 0.368 e. The molecule has 1 aliphatic heterocycles. The van der Waals surface area contributed by atoms with Crippen LogP contribution in [-0.2, 0) is 0 Å². The zero-order chi connectivity index (χ0) is 16.5. The number of carbonyl (C=O) groups is 1. The molecule has 0 unspecified atom stereocenters. The molecule has 24 heavy (non-hydrogen) atoms. The van der Waals surface area contributed by atoms with E-state index < -0.39 is 0 Å². The van der Waals surface area contributed by atoms with Crippen LogP contribution in [0.1, 0.15) is 10.5 Å². The molecular weight excluding hydrogens is 324 g/mol. The third-order valence-corrected chi connectivity index (χ3v) is 4.65. The molecular formula is C18H17ClN4O. The van der Waals surface area contributed by atoms with Gasteiger partial charge in [0.1, 0.15) is 0 Å². The molecule has 1 aromatic heterocycles. The highest BCUT2D eigenvalue weighted by atomic mass is 35.5. The first-order valence-corrected chi connectivity index (χ1v) is 8.33. The van der Waals surface area contributed by atoms with Gasteiger partial charge in [-0.1, -0.05) is 35.9 Å². The Hall–Kier alpha value is -2.53. The number of H-pyrrole nitrogens is 1. The minimum Gasteiger partial charge on any atom is -0.368 e. The van der Waals surface area contributed by atoms with Gasteiger partial charge in [0.25, 0.3) is 5.91 Å². The van der Waals surface area contributed by atoms with Gasteiger partial charge in [-0.25, -0.2) is 0 Å². The van der Waals surface area contributed by atoms with Crippen LogP contribution in [0.25, 0.3) is 10.9 Å². The van der Waals surface area contributed by atoms with E-state index in [9.17, 15) is 4.79 Å². The molecule has 1 saturated heterocycles. The lowest BCUT2D eigenvalue weighted by Crippen LogP contribution is -2.48. The highest BCUT2D eigenvalue weighted by molar-refractivity contribution is 6.30. The van der Waals surface area contributed by atoms with Gasteiger partial charge in [-0.3, -0.25) is 9.89 Å². The molecule has 0 bridgehead atoms. The first kappa shape index (κ1) is 15.0. The van der Waals surface area contributed by atoms with Crippen LogP contribution >= 0.6 is 11.6 Å². The number of anilines is 1. The van der Waals surface area contributed by atoms with E-state index in [2.05, 4.69) is 15.1 Å². The van der Waals surface area contributed by atoms with Gasteiger partial charge in [0.05, 0.1) is 5.52 Å². The molecule has 3 aromatic rings. The number of nitrogens with one attached hydrogen (secondary N) is 1. The van der Waals surface area contributed by atoms with E-state index in [-0.39, 0.29) is 5.91 Å². The predicted molar refractivity (Wildman–Crippen MR) is 95.7 cm³/mol. The molecule has 122 valence electrons. The maximum absolute atomic E-state index is 12.8. The van der Waals surface area contributed by atoms with Crippen LogP contribution < -0.4 is 4.90 Å². The Morgan fingerprint density at radius 2 is 1.83 bits per heavy atom. The molecule has 0 spiro atoms. The average molecular weight is 341 g/mol. The van der Waals surface area contributed by atoms with Gasteiger partial charge in [0.15, 0.2) is 5.69 Å². The third-order valence-electron chi connectivity index (χ3n) is 4.41. The van der Waals surface area contributed by atoms with Crippen LogP contribution in [0.3, 0.4) is 0 Å². The second kappa shape index (κ2) is 6.17. The molecule has 1 amide bonds. The van der Waals surface area contributed by atoms with Crippen LogP contribution in [0.2, 0.25) is 5.02 Å². The van der Waals surface area contributed by atoms with Crippen molar-refractivity contribution >= 4 is 34.1 Å². The zero-order valence-electron chi connectivity index (χ0n) is 13.1. The van der Waals surface area contributed by atoms with Gasteiger partial charge >= 0.3 is 0 Å². The smallest absolute Gasteiger partial charge is 0.275 e. The summed E-state index contributed by atoms with van der Waals surface area (Å²) in [4.78, 5) is 16.9. The molecule has 0 atom stereocenters. The average Bonchev–Trinajstić information content (AvgIpc) is 3.05. The van der Waals surface area contributed by atoms with Gasteiger partial charge in [0.2, 0.25) is 0 Å². The highest BCUT2D eigenvalue weighted by Crippen LogP contribution is 2.22. The number of rotatable bonds is 2. The van der Waals surface area contributed by atoms with E-state index in [1.807, 2.05) is 53.4 Å². The normalized spacial score (nSPS) is 15.0. The van der Waals surface area contributed by atoms with Crippen molar-refractivity contribution in [2.24, 2.45) is 0 Å². The number of fused-ring (bicyclic) bond motifs is 1. The van der Waals surface area contributed by atoms with Crippen molar-refractivity contribution in [1.82, 2.24) is 15.1 Å². The van der Waals surface area contributed by atoms with Gasteiger partial charge in [-0.15, -0.1) is 0 Å². The summed E-state index contributed by atoms with van der Waals surface area (Å²) in [6, 6.07) is 15.5. The molecule has 5 nitrogen and oxygen atoms in total. The Balaban J connectivity index is 1.48. The number of hydrogen-bond donors (Lipinski definition) is 1. The molecule has 2 aromatic carbocycles. The van der Waals surface area contributed by atoms with Crippen LogP contribution in [0.5, 0.6) is 0 Å². The third kappa shape index (κ3) is 2.71. The van der Waals surface area contributed by atoms with Crippen molar-refractivity contribution in [2.45, 2.75) is 0 Å². The minimum absolute atomic E-state index is 0.0156. The SMILES string of the molecule is O=C(c1n[nH]c2ccccc12)N1CCN(c2cccc(Cl)c2)CC1. The fourth-order valence-electron chi connectivity index (χ4n) is 3.12. The van der Waals surface area contributed by atoms with Crippen LogP contribution in [0.4, 0.5) is 5.69 Å². The number of amides is 1. The number of piperazine rings is 1. The first-order chi connectivity index (χ1) is 11.7. The number of para-hydroxylation sites is 1. The number of benzene rings is 2. The number of nitrogens with zero attached hydrogens (tertiary/aromatic N) is 3. The quantitative estimate of drug-likeness (QED) is 0.779. The Morgan fingerprint density at radius 3 is 2.62 bits per heavy atom. The number of aromatic amines is 1. The van der Waals surface area contributed by atoms with Crippen molar-refractivity contribution < 1.29 is 4.79 Å². The lowest BCUT2D eigenvalue weighted by Gasteiger charge is -2.35. The Morgan fingerprint density at radius 1 is 1.04 bits per heavy atom. The number of hydrogen-bond acceptors (Lipinski definition) is 3. The van der Waals surface area contributed by atoms with Crippen LogP contribution in [-0.4, -0.2) is 47.2 Å². The topological polar surface area (TPSA) is 52.2 Å². The van der Waals surface area contributed by atoms with E-state index in [0.29, 0.717) is 18.8 Å². The maximum atomic E-state index is 12.8. The van der Waals surface area contributed by atoms with Crippen molar-refractivity contribution in [2.75, 3.05) is 31.1 Å². The van der Waals surface area contributed by atoms with Gasteiger partial charge in [0, 0.05) is 42.3 Å². The van der Waals surface area contributed by atoms with Crippen molar-refractivity contribution in [3.05, 3.63) is 59.2 Å². The molecule has 6 heteroatoms. The standard InChI is InChI=1S/C18H17ClN4O/c19-13-4-3-5-14(12-13)22-8-10-23(11-9-22)18(24)17-15-6-1-2-7-16(15)20-21-17/h1-7,12H,8-11H2,(H,20,21). The first-order valence-electron chi connectivity index (χ1n) is 7.95. The minimum atomic E-state index is -0.0156. The number of aromatic nitrogens is 2. The fraction of sp³-hybridized carbons (Fsp3) is 0.222. The Kier molecular flexibility index (Phi) is 3.86. The van der Waals surface area contributed by atoms with Crippen molar-refractivity contribution in [3.63, 3.8) is 0 Å². The molecule has 0 radical (unpaired) electrons. The number of carbonyl (C=O) groups excluding carboxylic acids is 1. The molecule has 0 aliphatic carbocycles. The van der Waals surface area contributed by atoms with Crippen LogP contribution in [0, 0.1) is 0 Å². The zero-order valence-corrected chi connectivity index (χ0v) is 13.8. The van der Waals surface area contributed by atoms with E-state index in [1.54, 1.807) is 0 Å². The lowest BCUT2D eigenvalue weighted by molar-refractivity contribution is 0.0742. The maximum Gasteiger partial charge on any atom is 0.275 e. The summed E-state index contributed by atoms with van der Waals surface area (Å²) in [6.07, 6.45) is 0. The summed E-state index contributed by atoms with van der Waals surface area (Å²) in [6.45, 7) is 2.92. The van der Waals surface area contributed by atoms with Gasteiger partial charge in [-0.05, 0) is 24.3 Å². The van der Waals surface area contributed by atoms with E-state index >= 15 is 0 Å². The summed E-state index contributed by atoms with van der Waals surface area (Å²) < 4.78 is 0. The van der Waals surface area contributed by atoms with E-state index in [4.69, 9.17) is 11.6 Å². The molecule has 2 heterocycles. The molecule has 1 aliphatic rings. The monoisotopic (exact) mass is 340 g/mol. The van der Waals surface area contributed by atoms with Crippen molar-refractivity contribution in [3.8, 4) is 0 Å². The van der Waals surface area contributed by atoms with Gasteiger partial charge < -0.3 is 9.80 Å². The fourth-order valence-corrected chi connectivity index (χ4v) is 3.30. The summed E-state index contributed by atoms with van der Waals surface area (Å²) in [7, 11) is 0. The summed E-state index contributed by atoms with van der Waals surface area (Å²) >= 11 is 6.06. The molecule has 1 fully saturated rings. The van der Waals surface area contributed by atoms with Crippen molar-refractivity contribution in [1.29, 1.82) is 0 Å². The Bertz CT molecular complexity index is 883. The summed E-state index contributed by atoms with van der Waals surface area (Å²) in [5.74, 6) is -0.0156. The highest BCUT2D eigenvalue weighted by Gasteiger charge is 2.25. The Labute approximate surface area is 144 Å². The molecule has 4 rings (SSSR count). The van der Waals surface area contributed by atoms with E-state index in [0.717, 1.165) is 34.7 Å². The molecule has 0 saturated carbocycles. The summed E-state index contributed by atoms with van der Waals surface area (Å²) in [5, 5.41) is 8.74. The second-order valence-electron chi connectivity index (χ2n) is 5.88.